The van der Waals surface area contributed by atoms with Crippen molar-refractivity contribution in [1.29, 1.82) is 5.26 Å². The number of alkyl halides is 3. The van der Waals surface area contributed by atoms with Crippen LogP contribution in [-0.2, 0) is 6.18 Å². The van der Waals surface area contributed by atoms with Crippen LogP contribution in [0, 0.1) is 11.3 Å². The third-order valence-corrected chi connectivity index (χ3v) is 4.90. The molecule has 8 heteroatoms. The smallest absolute Gasteiger partial charge is 0.416 e. The molecule has 0 atom stereocenters. The molecule has 4 aromatic rings. The molecule has 2 aromatic heterocycles. The topological polar surface area (TPSA) is 65.6 Å². The fraction of sp³-hybridized carbons (Fsp3) is 0.0476. The highest BCUT2D eigenvalue weighted by Gasteiger charge is 2.30. The Balaban J connectivity index is 1.54. The SMILES string of the molecule is N#C/C(=C/c1ccc(Sc2nc3ccccc3[nH]2)o1)c1ccc(C(F)(F)F)cc1. The number of nitriles is 1. The van der Waals surface area contributed by atoms with Gasteiger partial charge >= 0.3 is 6.18 Å². The summed E-state index contributed by atoms with van der Waals surface area (Å²) in [6.07, 6.45) is -2.93. The molecule has 0 aliphatic heterocycles. The number of furan rings is 1. The molecule has 0 spiro atoms. The average Bonchev–Trinajstić information content (AvgIpc) is 3.31. The zero-order chi connectivity index (χ0) is 20.4. The molecule has 4 nitrogen and oxygen atoms in total. The second kappa shape index (κ2) is 7.53. The van der Waals surface area contributed by atoms with E-state index in [4.69, 9.17) is 4.42 Å². The van der Waals surface area contributed by atoms with E-state index in [0.717, 1.165) is 23.2 Å². The van der Waals surface area contributed by atoms with Crippen molar-refractivity contribution in [3.63, 3.8) is 0 Å². The van der Waals surface area contributed by atoms with Gasteiger partial charge in [0.2, 0.25) is 0 Å². The van der Waals surface area contributed by atoms with Crippen LogP contribution in [0.25, 0.3) is 22.7 Å². The van der Waals surface area contributed by atoms with E-state index in [-0.39, 0.29) is 5.57 Å². The van der Waals surface area contributed by atoms with Crippen LogP contribution in [0.1, 0.15) is 16.9 Å². The lowest BCUT2D eigenvalue weighted by Crippen LogP contribution is -2.04. The maximum absolute atomic E-state index is 12.7. The first-order valence-corrected chi connectivity index (χ1v) is 9.26. The fourth-order valence-electron chi connectivity index (χ4n) is 2.70. The number of para-hydroxylation sites is 2. The lowest BCUT2D eigenvalue weighted by atomic mass is 10.0. The van der Waals surface area contributed by atoms with Gasteiger partial charge in [-0.2, -0.15) is 18.4 Å². The molecule has 1 N–H and O–H groups in total. The Labute approximate surface area is 167 Å². The van der Waals surface area contributed by atoms with Gasteiger partial charge in [-0.25, -0.2) is 4.98 Å². The zero-order valence-corrected chi connectivity index (χ0v) is 15.5. The number of imidazole rings is 1. The van der Waals surface area contributed by atoms with Gasteiger partial charge in [0, 0.05) is 0 Å². The third-order valence-electron chi connectivity index (χ3n) is 4.10. The van der Waals surface area contributed by atoms with Crippen LogP contribution in [-0.4, -0.2) is 9.97 Å². The van der Waals surface area contributed by atoms with Gasteiger partial charge in [0.05, 0.1) is 28.2 Å². The number of allylic oxidation sites excluding steroid dienone is 1. The number of nitrogens with zero attached hydrogens (tertiary/aromatic N) is 2. The van der Waals surface area contributed by atoms with Gasteiger partial charge in [0.25, 0.3) is 0 Å². The number of fused-ring (bicyclic) bond motifs is 1. The Morgan fingerprint density at radius 2 is 1.83 bits per heavy atom. The van der Waals surface area contributed by atoms with Crippen molar-refractivity contribution in [2.75, 3.05) is 0 Å². The summed E-state index contributed by atoms with van der Waals surface area (Å²) in [5, 5.41) is 10.6. The van der Waals surface area contributed by atoms with Crippen LogP contribution in [0.4, 0.5) is 13.2 Å². The van der Waals surface area contributed by atoms with Crippen LogP contribution >= 0.6 is 11.8 Å². The van der Waals surface area contributed by atoms with E-state index in [1.54, 1.807) is 12.1 Å². The predicted molar refractivity (Wildman–Crippen MR) is 104 cm³/mol. The minimum atomic E-state index is -4.42. The number of aromatic amines is 1. The Kier molecular flexibility index (Phi) is 4.91. The quantitative estimate of drug-likeness (QED) is 0.395. The molecule has 0 amide bonds. The zero-order valence-electron chi connectivity index (χ0n) is 14.7. The lowest BCUT2D eigenvalue weighted by molar-refractivity contribution is -0.137. The van der Waals surface area contributed by atoms with Crippen LogP contribution in [0.3, 0.4) is 0 Å². The van der Waals surface area contributed by atoms with Crippen molar-refractivity contribution in [3.05, 3.63) is 77.6 Å². The molecular formula is C21H12F3N3OS. The molecule has 144 valence electrons. The van der Waals surface area contributed by atoms with E-state index in [0.29, 0.717) is 21.6 Å². The van der Waals surface area contributed by atoms with E-state index in [9.17, 15) is 18.4 Å². The number of rotatable bonds is 4. The summed E-state index contributed by atoms with van der Waals surface area (Å²) >= 11 is 1.30. The van der Waals surface area contributed by atoms with Gasteiger partial charge in [-0.05, 0) is 59.8 Å². The summed E-state index contributed by atoms with van der Waals surface area (Å²) in [4.78, 5) is 7.64. The average molecular weight is 411 g/mol. The summed E-state index contributed by atoms with van der Waals surface area (Å²) in [5.74, 6) is 0.417. The number of H-pyrrole nitrogens is 1. The number of hydrogen-bond acceptors (Lipinski definition) is 4. The molecule has 0 aliphatic carbocycles. The highest BCUT2D eigenvalue weighted by molar-refractivity contribution is 7.99. The molecule has 2 aromatic carbocycles. The number of benzene rings is 2. The van der Waals surface area contributed by atoms with Crippen LogP contribution in [0.5, 0.6) is 0 Å². The van der Waals surface area contributed by atoms with Gasteiger partial charge in [-0.1, -0.05) is 24.3 Å². The van der Waals surface area contributed by atoms with E-state index >= 15 is 0 Å². The predicted octanol–water partition coefficient (Wildman–Crippen LogP) is 6.39. The summed E-state index contributed by atoms with van der Waals surface area (Å²) in [5.41, 5.74) is 1.57. The number of halogens is 3. The van der Waals surface area contributed by atoms with Crippen molar-refractivity contribution in [2.45, 2.75) is 16.4 Å². The Bertz CT molecular complexity index is 1200. The van der Waals surface area contributed by atoms with Gasteiger partial charge in [0.15, 0.2) is 10.2 Å². The largest absolute Gasteiger partial charge is 0.450 e. The first-order valence-electron chi connectivity index (χ1n) is 8.44. The minimum Gasteiger partial charge on any atom is -0.450 e. The number of nitrogens with one attached hydrogen (secondary N) is 1. The van der Waals surface area contributed by atoms with E-state index in [1.165, 1.54) is 30.0 Å². The van der Waals surface area contributed by atoms with Gasteiger partial charge in [-0.15, -0.1) is 0 Å². The molecule has 0 aliphatic rings. The molecule has 0 saturated carbocycles. The summed E-state index contributed by atoms with van der Waals surface area (Å²) in [6.45, 7) is 0. The second-order valence-electron chi connectivity index (χ2n) is 6.06. The van der Waals surface area contributed by atoms with Crippen LogP contribution in [0.15, 0.2) is 75.3 Å². The maximum Gasteiger partial charge on any atom is 0.416 e. The van der Waals surface area contributed by atoms with E-state index in [1.807, 2.05) is 30.3 Å². The normalized spacial score (nSPS) is 12.3. The maximum atomic E-state index is 12.7. The molecule has 2 heterocycles. The Morgan fingerprint density at radius 3 is 2.52 bits per heavy atom. The minimum absolute atomic E-state index is 0.202. The van der Waals surface area contributed by atoms with Gasteiger partial charge in [-0.3, -0.25) is 0 Å². The van der Waals surface area contributed by atoms with Crippen LogP contribution in [0.2, 0.25) is 0 Å². The summed E-state index contributed by atoms with van der Waals surface area (Å²) < 4.78 is 43.8. The highest BCUT2D eigenvalue weighted by Crippen LogP contribution is 2.32. The van der Waals surface area contributed by atoms with Gasteiger partial charge in [0.1, 0.15) is 5.76 Å². The standard InChI is InChI=1S/C21H12F3N3OS/c22-21(23,24)15-7-5-13(6-8-15)14(12-25)11-16-9-10-19(28-16)29-20-26-17-3-1-2-4-18(17)27-20/h1-11H,(H,26,27)/b14-11-. The lowest BCUT2D eigenvalue weighted by Gasteiger charge is -2.06. The van der Waals surface area contributed by atoms with Crippen LogP contribution < -0.4 is 0 Å². The monoisotopic (exact) mass is 411 g/mol. The van der Waals surface area contributed by atoms with Crippen molar-refractivity contribution in [1.82, 2.24) is 9.97 Å². The molecule has 0 saturated heterocycles. The van der Waals surface area contributed by atoms with Crippen molar-refractivity contribution in [3.8, 4) is 6.07 Å². The van der Waals surface area contributed by atoms with E-state index in [2.05, 4.69) is 9.97 Å². The summed E-state index contributed by atoms with van der Waals surface area (Å²) in [6, 6.07) is 17.5. The Hall–Kier alpha value is -3.44. The molecule has 0 fully saturated rings. The fourth-order valence-corrected chi connectivity index (χ4v) is 3.47. The second-order valence-corrected chi connectivity index (χ2v) is 7.06. The number of hydrogen-bond donors (Lipinski definition) is 1. The Morgan fingerprint density at radius 1 is 1.07 bits per heavy atom. The van der Waals surface area contributed by atoms with Crippen molar-refractivity contribution in [2.24, 2.45) is 0 Å². The van der Waals surface area contributed by atoms with Crippen molar-refractivity contribution < 1.29 is 17.6 Å². The summed E-state index contributed by atoms with van der Waals surface area (Å²) in [7, 11) is 0. The van der Waals surface area contributed by atoms with Crippen molar-refractivity contribution >= 4 is 34.4 Å². The molecule has 4 rings (SSSR count). The van der Waals surface area contributed by atoms with E-state index < -0.39 is 11.7 Å². The molecular weight excluding hydrogens is 399 g/mol. The molecule has 29 heavy (non-hydrogen) atoms. The van der Waals surface area contributed by atoms with Gasteiger partial charge < -0.3 is 9.40 Å². The first-order chi connectivity index (χ1) is 13.9. The molecule has 0 unspecified atom stereocenters. The number of aromatic nitrogens is 2. The highest BCUT2D eigenvalue weighted by atomic mass is 32.2. The third kappa shape index (κ3) is 4.20. The first kappa shape index (κ1) is 18.9. The molecule has 0 radical (unpaired) electrons. The molecule has 0 bridgehead atoms.